The molecule has 0 saturated heterocycles. The molecular formula is C71H104F12O6. The molecular weight excluding hydrogens is 1180 g/mol. The number of allylic oxidation sites excluding steroid dienone is 3. The Morgan fingerprint density at radius 3 is 1.03 bits per heavy atom. The quantitative estimate of drug-likeness (QED) is 0.103. The Hall–Kier alpha value is -2.15. The van der Waals surface area contributed by atoms with Crippen molar-refractivity contribution in [3.05, 3.63) is 34.9 Å². The van der Waals surface area contributed by atoms with Crippen molar-refractivity contribution < 1.29 is 83.0 Å². The van der Waals surface area contributed by atoms with Crippen molar-refractivity contribution >= 4 is 6.29 Å². The first kappa shape index (κ1) is 69.7. The maximum atomic E-state index is 13.5. The molecule has 26 atom stereocenters. The van der Waals surface area contributed by atoms with Gasteiger partial charge < -0.3 is 30.3 Å². The second-order valence-electron chi connectivity index (χ2n) is 33.7. The summed E-state index contributed by atoms with van der Waals surface area (Å²) in [5.41, 5.74) is -3.66. The van der Waals surface area contributed by atoms with E-state index in [9.17, 15) is 83.0 Å². The van der Waals surface area contributed by atoms with Gasteiger partial charge in [-0.2, -0.15) is 52.7 Å². The number of carbonyl (C=O) groups is 1. The van der Waals surface area contributed by atoms with Gasteiger partial charge in [0.25, 0.3) is 0 Å². The summed E-state index contributed by atoms with van der Waals surface area (Å²) in [6, 6.07) is 0. The summed E-state index contributed by atoms with van der Waals surface area (Å²) in [7, 11) is 0. The van der Waals surface area contributed by atoms with Gasteiger partial charge in [-0.25, -0.2) is 0 Å². The van der Waals surface area contributed by atoms with Crippen LogP contribution in [0.25, 0.3) is 0 Å². The lowest BCUT2D eigenvalue weighted by Gasteiger charge is -2.59. The molecule has 0 unspecified atom stereocenters. The highest BCUT2D eigenvalue weighted by Gasteiger charge is 2.68. The highest BCUT2D eigenvalue weighted by molar-refractivity contribution is 5.54. The molecule has 0 amide bonds. The van der Waals surface area contributed by atoms with E-state index < -0.39 is 76.4 Å². The van der Waals surface area contributed by atoms with E-state index in [1.165, 1.54) is 52.2 Å². The number of aliphatic hydroxyl groups is 5. The molecule has 12 aliphatic carbocycles. The zero-order valence-corrected chi connectivity index (χ0v) is 54.3. The van der Waals surface area contributed by atoms with Gasteiger partial charge in [0.2, 0.25) is 0 Å². The first-order chi connectivity index (χ1) is 40.8. The molecule has 0 radical (unpaired) electrons. The lowest BCUT2D eigenvalue weighted by Crippen LogP contribution is -2.56. The molecule has 508 valence electrons. The lowest BCUT2D eigenvalue weighted by atomic mass is 9.46. The lowest BCUT2D eigenvalue weighted by molar-refractivity contribution is -0.271. The highest BCUT2D eigenvalue weighted by Crippen LogP contribution is 2.72. The van der Waals surface area contributed by atoms with E-state index in [2.05, 4.69) is 40.7 Å². The van der Waals surface area contributed by atoms with Crippen LogP contribution < -0.4 is 0 Å². The van der Waals surface area contributed by atoms with E-state index in [-0.39, 0.29) is 103 Å². The zero-order valence-electron chi connectivity index (χ0n) is 54.3. The van der Waals surface area contributed by atoms with Crippen LogP contribution in [0, 0.1) is 121 Å². The molecule has 9 saturated carbocycles. The normalized spacial score (nSPS) is 48.4. The van der Waals surface area contributed by atoms with Gasteiger partial charge in [0.15, 0.2) is 23.4 Å². The third kappa shape index (κ3) is 11.4. The SMILES string of the molecule is C[C@@H]([C@H]1CC[C@H]2[C@@H]3CC=C4C[C@](O)(C(F)(F)F)CC[C@]4(C)[C@H]3CC[C@]12C)[C@H](O)C(F)(F)F.C[C@H](C=O)[C@H]1CC[C@H]2[C@@H]3CC=C4C[C@@](C)(O)CC[C@]4(C)[C@H]3CC[C@]12C.C[C@H]([C@@H](O)C(F)(F)F)[C@H]1CC[C@H]2[C@@H]3CC=C4C[C@](O)(C(F)(F)F)CC[C@]4(C)[C@H]3CC[C@]12C. The van der Waals surface area contributed by atoms with Crippen molar-refractivity contribution in [3.8, 4) is 0 Å². The van der Waals surface area contributed by atoms with Gasteiger partial charge >= 0.3 is 24.7 Å². The molecule has 18 heteroatoms. The molecule has 0 heterocycles. The number of rotatable bonds is 6. The van der Waals surface area contributed by atoms with E-state index in [0.717, 1.165) is 75.5 Å². The average molecular weight is 1280 g/mol. The summed E-state index contributed by atoms with van der Waals surface area (Å²) in [5.74, 6) is 2.13. The van der Waals surface area contributed by atoms with E-state index in [4.69, 9.17) is 0 Å². The predicted octanol–water partition coefficient (Wildman–Crippen LogP) is 18.0. The van der Waals surface area contributed by atoms with E-state index in [1.54, 1.807) is 5.57 Å². The minimum Gasteiger partial charge on any atom is -0.390 e. The molecule has 0 aromatic rings. The molecule has 12 aliphatic rings. The van der Waals surface area contributed by atoms with Crippen molar-refractivity contribution in [2.45, 2.75) is 277 Å². The van der Waals surface area contributed by atoms with Gasteiger partial charge in [-0.3, -0.25) is 0 Å². The van der Waals surface area contributed by atoms with Crippen LogP contribution in [0.4, 0.5) is 52.7 Å². The molecule has 5 N–H and O–H groups in total. The second-order valence-corrected chi connectivity index (χ2v) is 33.7. The fourth-order valence-electron chi connectivity index (χ4n) is 24.4. The summed E-state index contributed by atoms with van der Waals surface area (Å²) in [5, 5.41) is 50.9. The van der Waals surface area contributed by atoms with Crippen LogP contribution in [0.2, 0.25) is 0 Å². The minimum atomic E-state index is -4.66. The van der Waals surface area contributed by atoms with Crippen molar-refractivity contribution in [2.24, 2.45) is 121 Å². The summed E-state index contributed by atoms with van der Waals surface area (Å²) in [6.45, 7) is 20.3. The highest BCUT2D eigenvalue weighted by atomic mass is 19.4. The maximum absolute atomic E-state index is 13.5. The minimum absolute atomic E-state index is 0.181. The van der Waals surface area contributed by atoms with Crippen LogP contribution in [0.5, 0.6) is 0 Å². The van der Waals surface area contributed by atoms with Crippen LogP contribution >= 0.6 is 0 Å². The summed E-state index contributed by atoms with van der Waals surface area (Å²) >= 11 is 0. The Morgan fingerprint density at radius 2 is 0.719 bits per heavy atom. The Labute approximate surface area is 520 Å². The van der Waals surface area contributed by atoms with E-state index in [0.29, 0.717) is 53.6 Å². The van der Waals surface area contributed by atoms with Crippen LogP contribution in [0.3, 0.4) is 0 Å². The van der Waals surface area contributed by atoms with Gasteiger partial charge in [0.05, 0.1) is 5.60 Å². The largest absolute Gasteiger partial charge is 0.417 e. The van der Waals surface area contributed by atoms with Crippen LogP contribution in [0.15, 0.2) is 34.9 Å². The molecule has 12 rings (SSSR count). The predicted molar refractivity (Wildman–Crippen MR) is 316 cm³/mol. The fourth-order valence-corrected chi connectivity index (χ4v) is 24.4. The van der Waals surface area contributed by atoms with Crippen molar-refractivity contribution in [1.29, 1.82) is 0 Å². The van der Waals surface area contributed by atoms with Crippen LogP contribution in [-0.2, 0) is 4.79 Å². The smallest absolute Gasteiger partial charge is 0.390 e. The Kier molecular flexibility index (Phi) is 18.0. The number of alkyl halides is 12. The number of hydrogen-bond acceptors (Lipinski definition) is 6. The summed E-state index contributed by atoms with van der Waals surface area (Å²) in [6.07, 6.45) is -0.210. The van der Waals surface area contributed by atoms with Gasteiger partial charge in [0, 0.05) is 18.8 Å². The molecule has 89 heavy (non-hydrogen) atoms. The van der Waals surface area contributed by atoms with Gasteiger partial charge in [-0.1, -0.05) is 97.3 Å². The summed E-state index contributed by atoms with van der Waals surface area (Å²) < 4.78 is 160. The maximum Gasteiger partial charge on any atom is 0.417 e. The van der Waals surface area contributed by atoms with Gasteiger partial charge in [0.1, 0.15) is 6.29 Å². The number of hydrogen-bond donors (Lipinski definition) is 5. The van der Waals surface area contributed by atoms with Gasteiger partial charge in [-0.15, -0.1) is 0 Å². The first-order valence-electron chi connectivity index (χ1n) is 34.1. The topological polar surface area (TPSA) is 118 Å². The molecule has 0 spiro atoms. The summed E-state index contributed by atoms with van der Waals surface area (Å²) in [4.78, 5) is 11.5. The number of fused-ring (bicyclic) bond motifs is 15. The Bertz CT molecular complexity index is 2590. The van der Waals surface area contributed by atoms with Crippen LogP contribution in [0.1, 0.15) is 223 Å². The molecule has 0 aromatic carbocycles. The van der Waals surface area contributed by atoms with Crippen LogP contribution in [-0.4, -0.2) is 85.5 Å². The average Bonchev–Trinajstić information content (AvgIpc) is 1.69. The zero-order chi connectivity index (χ0) is 65.8. The van der Waals surface area contributed by atoms with Crippen molar-refractivity contribution in [2.75, 3.05) is 0 Å². The second kappa shape index (κ2) is 23.0. The molecule has 6 nitrogen and oxygen atoms in total. The first-order valence-corrected chi connectivity index (χ1v) is 34.1. The van der Waals surface area contributed by atoms with Crippen molar-refractivity contribution in [1.82, 2.24) is 0 Å². The monoisotopic (exact) mass is 1280 g/mol. The number of aliphatic hydroxyl groups excluding tert-OH is 2. The number of halogens is 12. The van der Waals surface area contributed by atoms with E-state index >= 15 is 0 Å². The Balaban J connectivity index is 0.000000148. The third-order valence-electron chi connectivity index (χ3n) is 29.8. The Morgan fingerprint density at radius 1 is 0.416 bits per heavy atom. The van der Waals surface area contributed by atoms with Gasteiger partial charge in [-0.05, 0) is 264 Å². The molecule has 0 aromatic heterocycles. The third-order valence-corrected chi connectivity index (χ3v) is 29.8. The molecule has 0 bridgehead atoms. The van der Waals surface area contributed by atoms with E-state index in [1.807, 2.05) is 32.9 Å². The fraction of sp³-hybridized carbons (Fsp3) is 0.901. The standard InChI is InChI=1S/2C24H34F6O2.C23H36O2/c2*1-13(19(31)23(25,26)27)16-6-7-17-15-5-4-14-12-22(32,24(28,29)30)11-10-20(14,2)18(15)8-9-21(16,17)3;1-15(14-24)18-7-8-19-17-6-5-16-13-21(2,25)11-12-22(16,3)20(17)9-10-23(18,19)4/h2*4,13,15-19,31-32H,5-12H2,1-3H3;5,14-15,17-20,25H,6-13H2,1-4H3/t13-,15-,16+,17-,18-,19+,20-,21+,22-;13-,15-,16+,17-,18-,19-,20-,21+,22-;15-,17+,18-,19+,20+,21+,22+,23-/m001/s1. The number of aldehydes is 1. The van der Waals surface area contributed by atoms with Crippen molar-refractivity contribution in [3.63, 3.8) is 0 Å². The molecule has 0 aliphatic heterocycles. The number of carbonyl (C=O) groups excluding carboxylic acids is 1. The molecule has 9 fully saturated rings.